The molecule has 6 nitrogen and oxygen atoms in total. The van der Waals surface area contributed by atoms with E-state index in [0.717, 1.165) is 65.1 Å². The van der Waals surface area contributed by atoms with Crippen LogP contribution in [-0.4, -0.2) is 46.6 Å². The van der Waals surface area contributed by atoms with Gasteiger partial charge in [-0.25, -0.2) is 0 Å². The molecule has 4 aliphatic rings. The summed E-state index contributed by atoms with van der Waals surface area (Å²) in [5.74, 6) is 1.17. The van der Waals surface area contributed by atoms with E-state index >= 15 is 0 Å². The smallest absolute Gasteiger partial charge is 0.382 e. The average Bonchev–Trinajstić information content (AvgIpc) is 3.39. The highest BCUT2D eigenvalue weighted by atomic mass is 16.5. The second kappa shape index (κ2) is 13.7. The van der Waals surface area contributed by atoms with Crippen LogP contribution in [0.2, 0.25) is 0 Å². The Balaban J connectivity index is 2.07. The SMILES string of the molecule is CO/C(c1cc(/C=C/c2cc(/C(OC)=[N+](\[O-])C(C)(C)C)c3cc(C(C)C)ccc(C)c2-3)c2c(C)ccc(C(C)C)cc1-2)=[N+](/[O-])C(C)(C)C. The van der Waals surface area contributed by atoms with Gasteiger partial charge in [-0.3, -0.25) is 0 Å². The first-order valence-corrected chi connectivity index (χ1v) is 16.9. The number of hydrogen-bond donors (Lipinski definition) is 0. The largest absolute Gasteiger partial charge is 0.621 e. The molecule has 0 N–H and O–H groups in total. The second-order valence-corrected chi connectivity index (χ2v) is 15.5. The topological polar surface area (TPSA) is 70.6 Å². The summed E-state index contributed by atoms with van der Waals surface area (Å²) < 4.78 is 13.6. The van der Waals surface area contributed by atoms with Crippen molar-refractivity contribution in [1.29, 1.82) is 0 Å². The van der Waals surface area contributed by atoms with Gasteiger partial charge in [0.15, 0.2) is 11.1 Å². The highest BCUT2D eigenvalue weighted by molar-refractivity contribution is 6.06. The number of nitrogens with zero attached hydrogens (tertiary/aromatic N) is 2. The van der Waals surface area contributed by atoms with Gasteiger partial charge in [0.2, 0.25) is 0 Å². The average molecular weight is 651 g/mol. The molecule has 0 saturated heterocycles. The van der Waals surface area contributed by atoms with Crippen molar-refractivity contribution >= 4 is 23.9 Å². The molecule has 0 aromatic rings. The minimum Gasteiger partial charge on any atom is -0.621 e. The predicted molar refractivity (Wildman–Crippen MR) is 202 cm³/mol. The molecule has 6 heteroatoms. The maximum absolute atomic E-state index is 13.6. The standard InChI is InChI=1S/C42H54N2O4/c1-25(2)29-17-15-27(5)37-31(23-35(33(37)21-29)39(47-13)43(45)41(7,8)9)19-20-32-24-36(40(48-14)44(46)42(10,11)12)34-22-30(26(3)4)18-16-28(6)38(32)34/h15-26H,1-14H3/b20-19+,43-39+,44-40+. The van der Waals surface area contributed by atoms with Gasteiger partial charge in [-0.1, -0.05) is 64.1 Å². The summed E-state index contributed by atoms with van der Waals surface area (Å²) >= 11 is 0. The number of ether oxygens (including phenoxy) is 2. The van der Waals surface area contributed by atoms with Crippen molar-refractivity contribution in [2.24, 2.45) is 0 Å². The normalized spacial score (nSPS) is 13.9. The maximum atomic E-state index is 13.6. The molecule has 4 aliphatic carbocycles. The molecule has 0 saturated carbocycles. The lowest BCUT2D eigenvalue weighted by atomic mass is 9.98. The molecule has 0 aromatic carbocycles. The van der Waals surface area contributed by atoms with Crippen molar-refractivity contribution in [2.45, 2.75) is 106 Å². The molecule has 0 aliphatic heterocycles. The Morgan fingerprint density at radius 2 is 0.938 bits per heavy atom. The van der Waals surface area contributed by atoms with Gasteiger partial charge in [-0.05, 0) is 94.5 Å². The lowest BCUT2D eigenvalue weighted by Crippen LogP contribution is -2.34. The monoisotopic (exact) mass is 650 g/mol. The molecule has 0 amide bonds. The molecule has 0 spiro atoms. The fraction of sp³-hybridized carbons (Fsp3) is 0.429. The summed E-state index contributed by atoms with van der Waals surface area (Å²) in [7, 11) is 3.12. The molecular formula is C42H54N2O4. The molecule has 4 rings (SSSR count). The summed E-state index contributed by atoms with van der Waals surface area (Å²) in [4.78, 5) is 0. The number of rotatable bonds is 6. The third kappa shape index (κ3) is 7.08. The predicted octanol–water partition coefficient (Wildman–Crippen LogP) is 10.3. The number of hydrogen-bond acceptors (Lipinski definition) is 4. The van der Waals surface area contributed by atoms with E-state index in [9.17, 15) is 10.4 Å². The summed E-state index contributed by atoms with van der Waals surface area (Å²) in [6, 6.07) is 17.2. The summed E-state index contributed by atoms with van der Waals surface area (Å²) in [5, 5.41) is 27.2. The zero-order valence-corrected chi connectivity index (χ0v) is 31.5. The van der Waals surface area contributed by atoms with Crippen molar-refractivity contribution < 1.29 is 19.0 Å². The third-order valence-electron chi connectivity index (χ3n) is 8.97. The van der Waals surface area contributed by atoms with E-state index in [1.807, 2.05) is 41.5 Å². The van der Waals surface area contributed by atoms with Crippen molar-refractivity contribution in [3.05, 3.63) is 103 Å². The molecule has 0 heterocycles. The van der Waals surface area contributed by atoms with Crippen LogP contribution in [0.4, 0.5) is 0 Å². The molecule has 0 atom stereocenters. The molecule has 0 fully saturated rings. The summed E-state index contributed by atoms with van der Waals surface area (Å²) in [6.45, 7) is 24.2. The van der Waals surface area contributed by atoms with Crippen LogP contribution in [0, 0.1) is 24.3 Å². The van der Waals surface area contributed by atoms with Crippen molar-refractivity contribution in [2.75, 3.05) is 14.2 Å². The van der Waals surface area contributed by atoms with Gasteiger partial charge in [0.1, 0.15) is 0 Å². The third-order valence-corrected chi connectivity index (χ3v) is 8.97. The Hall–Kier alpha value is -4.32. The van der Waals surface area contributed by atoms with Gasteiger partial charge in [-0.2, -0.15) is 9.48 Å². The number of methoxy groups -OCH3 is 2. The Morgan fingerprint density at radius 3 is 1.21 bits per heavy atom. The van der Waals surface area contributed by atoms with Gasteiger partial charge in [0, 0.05) is 52.7 Å². The van der Waals surface area contributed by atoms with Gasteiger partial charge >= 0.3 is 11.8 Å². The van der Waals surface area contributed by atoms with E-state index in [4.69, 9.17) is 9.47 Å². The summed E-state index contributed by atoms with van der Waals surface area (Å²) in [6.07, 6.45) is 4.24. The van der Waals surface area contributed by atoms with Gasteiger partial charge in [-0.15, -0.1) is 0 Å². The zero-order chi connectivity index (χ0) is 35.9. The highest BCUT2D eigenvalue weighted by Crippen LogP contribution is 2.41. The molecule has 0 unspecified atom stereocenters. The quantitative estimate of drug-likeness (QED) is 0.0685. The van der Waals surface area contributed by atoms with Gasteiger partial charge in [0.25, 0.3) is 0 Å². The van der Waals surface area contributed by atoms with Crippen LogP contribution in [-0.2, 0) is 9.47 Å². The Kier molecular flexibility index (Phi) is 10.4. The van der Waals surface area contributed by atoms with Crippen molar-refractivity contribution in [3.8, 4) is 22.3 Å². The number of fused-ring (bicyclic) bond motifs is 2. The summed E-state index contributed by atoms with van der Waals surface area (Å²) in [5.41, 5.74) is 10.7. The zero-order valence-electron chi connectivity index (χ0n) is 31.5. The lowest BCUT2D eigenvalue weighted by Gasteiger charge is -2.21. The number of hydroxylamine groups is 2. The van der Waals surface area contributed by atoms with E-state index in [-0.39, 0.29) is 11.8 Å². The molecule has 48 heavy (non-hydrogen) atoms. The highest BCUT2D eigenvalue weighted by Gasteiger charge is 2.32. The number of aryl methyl sites for hydroxylation is 2. The van der Waals surface area contributed by atoms with E-state index in [1.165, 1.54) is 11.1 Å². The molecular weight excluding hydrogens is 596 g/mol. The van der Waals surface area contributed by atoms with E-state index in [2.05, 4.69) is 102 Å². The van der Waals surface area contributed by atoms with Crippen LogP contribution in [0.15, 0.2) is 48.5 Å². The van der Waals surface area contributed by atoms with Gasteiger partial charge < -0.3 is 19.9 Å². The van der Waals surface area contributed by atoms with Crippen LogP contribution in [0.25, 0.3) is 34.4 Å². The fourth-order valence-corrected chi connectivity index (χ4v) is 6.14. The molecule has 0 bridgehead atoms. The Bertz CT molecular complexity index is 1710. The second-order valence-electron chi connectivity index (χ2n) is 15.5. The molecule has 0 aromatic heterocycles. The van der Waals surface area contributed by atoms with Gasteiger partial charge in [0.05, 0.1) is 25.3 Å². The van der Waals surface area contributed by atoms with Crippen LogP contribution >= 0.6 is 0 Å². The van der Waals surface area contributed by atoms with Crippen molar-refractivity contribution in [3.63, 3.8) is 0 Å². The van der Waals surface area contributed by atoms with E-state index < -0.39 is 11.1 Å². The lowest BCUT2D eigenvalue weighted by molar-refractivity contribution is -0.542. The molecule has 256 valence electrons. The van der Waals surface area contributed by atoms with E-state index in [0.29, 0.717) is 11.8 Å². The van der Waals surface area contributed by atoms with Crippen LogP contribution in [0.5, 0.6) is 0 Å². The van der Waals surface area contributed by atoms with Crippen molar-refractivity contribution in [1.82, 2.24) is 0 Å². The fourth-order valence-electron chi connectivity index (χ4n) is 6.14. The first-order chi connectivity index (χ1) is 22.3. The first-order valence-electron chi connectivity index (χ1n) is 16.9. The molecule has 0 radical (unpaired) electrons. The Labute approximate surface area is 288 Å². The van der Waals surface area contributed by atoms with E-state index in [1.54, 1.807) is 14.2 Å². The Morgan fingerprint density at radius 1 is 0.604 bits per heavy atom. The maximum Gasteiger partial charge on any atom is 0.382 e. The first kappa shape index (κ1) is 36.5. The van der Waals surface area contributed by atoms with Crippen LogP contribution < -0.4 is 0 Å². The van der Waals surface area contributed by atoms with Crippen LogP contribution in [0.3, 0.4) is 0 Å². The minimum absolute atomic E-state index is 0.287. The van der Waals surface area contributed by atoms with Crippen LogP contribution in [0.1, 0.15) is 126 Å². The minimum atomic E-state index is -0.692.